The van der Waals surface area contributed by atoms with Gasteiger partial charge in [-0.15, -0.1) is 0 Å². The summed E-state index contributed by atoms with van der Waals surface area (Å²) in [5.74, 6) is 0.0697. The fourth-order valence-corrected chi connectivity index (χ4v) is 2.77. The average Bonchev–Trinajstić information content (AvgIpc) is 2.28. The van der Waals surface area contributed by atoms with Crippen LogP contribution in [0.3, 0.4) is 0 Å². The molecule has 4 heteroatoms. The molecule has 2 rings (SSSR count). The molecule has 1 saturated heterocycles. The van der Waals surface area contributed by atoms with Crippen LogP contribution in [0.2, 0.25) is 0 Å². The molecule has 4 nitrogen and oxygen atoms in total. The Bertz CT molecular complexity index is 302. The number of rotatable bonds is 1. The Labute approximate surface area is 103 Å². The largest absolute Gasteiger partial charge is 0.392 e. The lowest BCUT2D eigenvalue weighted by Crippen LogP contribution is -2.66. The van der Waals surface area contributed by atoms with Crippen LogP contribution >= 0.6 is 0 Å². The van der Waals surface area contributed by atoms with Crippen molar-refractivity contribution in [1.82, 2.24) is 5.32 Å². The number of hydrogen-bond acceptors (Lipinski definition) is 3. The molecule has 0 aromatic heterocycles. The van der Waals surface area contributed by atoms with Gasteiger partial charge in [-0.25, -0.2) is 0 Å². The number of nitrogens with one attached hydrogen (secondary N) is 1. The third-order valence-electron chi connectivity index (χ3n) is 4.23. The second kappa shape index (κ2) is 4.25. The molecular weight excluding hydrogens is 218 g/mol. The van der Waals surface area contributed by atoms with Gasteiger partial charge >= 0.3 is 0 Å². The molecule has 0 bridgehead atoms. The fraction of sp³-hybridized carbons (Fsp3) is 0.923. The Morgan fingerprint density at radius 3 is 2.41 bits per heavy atom. The number of aliphatic hydroxyl groups excluding tert-OH is 1. The van der Waals surface area contributed by atoms with E-state index in [0.717, 1.165) is 12.8 Å². The first-order valence-electron chi connectivity index (χ1n) is 6.43. The van der Waals surface area contributed by atoms with Gasteiger partial charge in [0, 0.05) is 30.1 Å². The third-order valence-corrected chi connectivity index (χ3v) is 4.23. The summed E-state index contributed by atoms with van der Waals surface area (Å²) in [6.07, 6.45) is 2.10. The summed E-state index contributed by atoms with van der Waals surface area (Å²) in [6, 6.07) is 0.119. The van der Waals surface area contributed by atoms with Crippen LogP contribution in [0.4, 0.5) is 0 Å². The number of ether oxygens (including phenoxy) is 1. The standard InChI is InChI=1S/C13H23NO3/c1-12(2,3)11(16)14-9-8-10(15)13(9)4-6-17-7-5-13/h9-10,15H,4-8H2,1-3H3,(H,14,16)/t9-,10?/m0/s1. The minimum absolute atomic E-state index is 0.0697. The maximum absolute atomic E-state index is 12.0. The first kappa shape index (κ1) is 12.8. The lowest BCUT2D eigenvalue weighted by molar-refractivity contribution is -0.159. The highest BCUT2D eigenvalue weighted by molar-refractivity contribution is 5.81. The Hall–Kier alpha value is -0.610. The van der Waals surface area contributed by atoms with Gasteiger partial charge in [0.15, 0.2) is 0 Å². The summed E-state index contributed by atoms with van der Waals surface area (Å²) in [6.45, 7) is 7.12. The van der Waals surface area contributed by atoms with Gasteiger partial charge in [-0.3, -0.25) is 4.79 Å². The second-order valence-electron chi connectivity index (χ2n) is 6.37. The molecule has 1 spiro atoms. The van der Waals surface area contributed by atoms with Gasteiger partial charge in [0.05, 0.1) is 6.10 Å². The SMILES string of the molecule is CC(C)(C)C(=O)N[C@H]1CC(O)C12CCOCC2. The molecule has 1 saturated carbocycles. The summed E-state index contributed by atoms with van der Waals surface area (Å²) in [5.41, 5.74) is -0.494. The number of carbonyl (C=O) groups excluding carboxylic acids is 1. The molecule has 2 N–H and O–H groups in total. The Balaban J connectivity index is 2.00. The third kappa shape index (κ3) is 2.20. The van der Waals surface area contributed by atoms with Crippen molar-refractivity contribution >= 4 is 5.91 Å². The van der Waals surface area contributed by atoms with E-state index in [2.05, 4.69) is 5.32 Å². The van der Waals surface area contributed by atoms with Crippen molar-refractivity contribution in [3.63, 3.8) is 0 Å². The Morgan fingerprint density at radius 2 is 1.94 bits per heavy atom. The van der Waals surface area contributed by atoms with Gasteiger partial charge in [-0.1, -0.05) is 20.8 Å². The molecule has 0 radical (unpaired) electrons. The number of hydrogen-bond donors (Lipinski definition) is 2. The monoisotopic (exact) mass is 241 g/mol. The van der Waals surface area contributed by atoms with Crippen LogP contribution in [-0.2, 0) is 9.53 Å². The van der Waals surface area contributed by atoms with Crippen molar-refractivity contribution in [2.24, 2.45) is 10.8 Å². The molecule has 1 aliphatic heterocycles. The van der Waals surface area contributed by atoms with E-state index in [1.807, 2.05) is 20.8 Å². The number of amides is 1. The molecule has 98 valence electrons. The van der Waals surface area contributed by atoms with Gasteiger partial charge in [-0.2, -0.15) is 0 Å². The van der Waals surface area contributed by atoms with Crippen LogP contribution in [0.25, 0.3) is 0 Å². The molecule has 0 aromatic carbocycles. The van der Waals surface area contributed by atoms with E-state index in [9.17, 15) is 9.90 Å². The molecule has 2 atom stereocenters. The van der Waals surface area contributed by atoms with Crippen molar-refractivity contribution in [1.29, 1.82) is 0 Å². The van der Waals surface area contributed by atoms with Crippen molar-refractivity contribution in [2.75, 3.05) is 13.2 Å². The lowest BCUT2D eigenvalue weighted by Gasteiger charge is -2.56. The van der Waals surface area contributed by atoms with Gasteiger partial charge in [0.25, 0.3) is 0 Å². The summed E-state index contributed by atoms with van der Waals surface area (Å²) in [7, 11) is 0. The number of aliphatic hydroxyl groups is 1. The van der Waals surface area contributed by atoms with Gasteiger partial charge in [0.2, 0.25) is 5.91 Å². The molecule has 2 aliphatic rings. The van der Waals surface area contributed by atoms with E-state index in [-0.39, 0.29) is 28.9 Å². The predicted octanol–water partition coefficient (Wildman–Crippen LogP) is 1.08. The minimum Gasteiger partial charge on any atom is -0.392 e. The minimum atomic E-state index is -0.368. The summed E-state index contributed by atoms with van der Waals surface area (Å²) in [5, 5.41) is 13.1. The molecule has 1 heterocycles. The van der Waals surface area contributed by atoms with Crippen molar-refractivity contribution in [2.45, 2.75) is 52.2 Å². The van der Waals surface area contributed by atoms with E-state index in [4.69, 9.17) is 4.74 Å². The van der Waals surface area contributed by atoms with Crippen LogP contribution in [0, 0.1) is 10.8 Å². The Kier molecular flexibility index (Phi) is 3.21. The molecule has 17 heavy (non-hydrogen) atoms. The maximum Gasteiger partial charge on any atom is 0.225 e. The first-order valence-corrected chi connectivity index (χ1v) is 6.43. The van der Waals surface area contributed by atoms with E-state index in [0.29, 0.717) is 19.6 Å². The molecule has 1 amide bonds. The van der Waals surface area contributed by atoms with Crippen LogP contribution < -0.4 is 5.32 Å². The average molecular weight is 241 g/mol. The normalized spacial score (nSPS) is 32.0. The van der Waals surface area contributed by atoms with Gasteiger partial charge in [0.1, 0.15) is 0 Å². The highest BCUT2D eigenvalue weighted by atomic mass is 16.5. The highest BCUT2D eigenvalue weighted by Gasteiger charge is 2.55. The van der Waals surface area contributed by atoms with Crippen molar-refractivity contribution in [3.05, 3.63) is 0 Å². The zero-order valence-electron chi connectivity index (χ0n) is 11.0. The summed E-state index contributed by atoms with van der Waals surface area (Å²) in [4.78, 5) is 12.0. The fourth-order valence-electron chi connectivity index (χ4n) is 2.77. The second-order valence-corrected chi connectivity index (χ2v) is 6.37. The first-order chi connectivity index (χ1) is 7.86. The smallest absolute Gasteiger partial charge is 0.225 e. The molecular formula is C13H23NO3. The van der Waals surface area contributed by atoms with E-state index in [1.165, 1.54) is 0 Å². The van der Waals surface area contributed by atoms with Gasteiger partial charge < -0.3 is 15.2 Å². The summed E-state index contributed by atoms with van der Waals surface area (Å²) >= 11 is 0. The van der Waals surface area contributed by atoms with Crippen LogP contribution in [-0.4, -0.2) is 36.4 Å². The van der Waals surface area contributed by atoms with E-state index >= 15 is 0 Å². The molecule has 1 unspecified atom stereocenters. The van der Waals surface area contributed by atoms with Crippen molar-refractivity contribution in [3.8, 4) is 0 Å². The van der Waals surface area contributed by atoms with E-state index < -0.39 is 0 Å². The zero-order chi connectivity index (χ0) is 12.7. The van der Waals surface area contributed by atoms with Crippen LogP contribution in [0.1, 0.15) is 40.0 Å². The maximum atomic E-state index is 12.0. The van der Waals surface area contributed by atoms with E-state index in [1.54, 1.807) is 0 Å². The number of carbonyl (C=O) groups is 1. The zero-order valence-corrected chi connectivity index (χ0v) is 11.0. The molecule has 2 fully saturated rings. The van der Waals surface area contributed by atoms with Crippen LogP contribution in [0.5, 0.6) is 0 Å². The van der Waals surface area contributed by atoms with Crippen molar-refractivity contribution < 1.29 is 14.6 Å². The van der Waals surface area contributed by atoms with Gasteiger partial charge in [-0.05, 0) is 19.3 Å². The molecule has 0 aromatic rings. The highest BCUT2D eigenvalue weighted by Crippen LogP contribution is 2.49. The summed E-state index contributed by atoms with van der Waals surface area (Å²) < 4.78 is 5.35. The quantitative estimate of drug-likeness (QED) is 0.722. The predicted molar refractivity (Wildman–Crippen MR) is 64.5 cm³/mol. The molecule has 1 aliphatic carbocycles. The lowest BCUT2D eigenvalue weighted by atomic mass is 9.57. The topological polar surface area (TPSA) is 58.6 Å². The van der Waals surface area contributed by atoms with Crippen LogP contribution in [0.15, 0.2) is 0 Å². The Morgan fingerprint density at radius 1 is 1.35 bits per heavy atom.